The summed E-state index contributed by atoms with van der Waals surface area (Å²) in [5.41, 5.74) is 1.18. The molecule has 1 aliphatic rings. The van der Waals surface area contributed by atoms with Crippen LogP contribution in [0.1, 0.15) is 12.0 Å². The van der Waals surface area contributed by atoms with Crippen LogP contribution >= 0.6 is 11.6 Å². The van der Waals surface area contributed by atoms with Crippen molar-refractivity contribution in [1.82, 2.24) is 4.98 Å². The van der Waals surface area contributed by atoms with Crippen molar-refractivity contribution >= 4 is 11.6 Å². The van der Waals surface area contributed by atoms with E-state index in [2.05, 4.69) is 23.2 Å². The predicted octanol–water partition coefficient (Wildman–Crippen LogP) is 3.12. The summed E-state index contributed by atoms with van der Waals surface area (Å²) in [4.78, 5) is 3.83. The number of nitrogens with zero attached hydrogens (tertiary/aromatic N) is 1. The Kier molecular flexibility index (Phi) is 2.69. The maximum Gasteiger partial charge on any atom is 0.0704 e. The van der Waals surface area contributed by atoms with E-state index in [0.29, 0.717) is 0 Å². The maximum atomic E-state index is 6.44. The van der Waals surface area contributed by atoms with Gasteiger partial charge < -0.3 is 0 Å². The molecule has 1 aromatic heterocycles. The summed E-state index contributed by atoms with van der Waals surface area (Å²) in [6.07, 6.45) is 13.6. The van der Waals surface area contributed by atoms with Crippen molar-refractivity contribution in [2.75, 3.05) is 0 Å². The number of rotatable bonds is 2. The molecule has 1 unspecified atom stereocenters. The Labute approximate surface area is 89.1 Å². The molecule has 0 bridgehead atoms. The molecule has 1 nitrogen and oxygen atoms in total. The molecule has 1 atom stereocenters. The molecular weight excluding hydrogens is 194 g/mol. The largest absolute Gasteiger partial charge is 0.264 e. The SMILES string of the molecule is ClC1(Cc2cccnc2)C=CC=CC1. The third-order valence-electron chi connectivity index (χ3n) is 2.32. The fourth-order valence-electron chi connectivity index (χ4n) is 1.61. The predicted molar refractivity (Wildman–Crippen MR) is 59.4 cm³/mol. The molecule has 72 valence electrons. The van der Waals surface area contributed by atoms with Gasteiger partial charge in [-0.15, -0.1) is 11.6 Å². The summed E-state index contributed by atoms with van der Waals surface area (Å²) in [6.45, 7) is 0. The third kappa shape index (κ3) is 2.24. The molecule has 0 N–H and O–H groups in total. The minimum absolute atomic E-state index is 0.252. The molecule has 1 aliphatic carbocycles. The van der Waals surface area contributed by atoms with Gasteiger partial charge in [-0.1, -0.05) is 30.4 Å². The van der Waals surface area contributed by atoms with Gasteiger partial charge in [-0.25, -0.2) is 0 Å². The third-order valence-corrected chi connectivity index (χ3v) is 2.73. The monoisotopic (exact) mass is 205 g/mol. The van der Waals surface area contributed by atoms with Crippen LogP contribution in [-0.2, 0) is 6.42 Å². The highest BCUT2D eigenvalue weighted by Gasteiger charge is 2.24. The first kappa shape index (κ1) is 9.47. The Bertz CT molecular complexity index is 356. The lowest BCUT2D eigenvalue weighted by Gasteiger charge is -2.23. The Morgan fingerprint density at radius 2 is 2.36 bits per heavy atom. The summed E-state index contributed by atoms with van der Waals surface area (Å²) >= 11 is 6.44. The van der Waals surface area contributed by atoms with Crippen LogP contribution in [-0.4, -0.2) is 9.86 Å². The standard InChI is InChI=1S/C12H12ClN/c13-12(6-2-1-3-7-12)9-11-5-4-8-14-10-11/h1-6,8,10H,7,9H2. The number of pyridine rings is 1. The molecule has 0 saturated heterocycles. The van der Waals surface area contributed by atoms with Crippen LogP contribution in [0, 0.1) is 0 Å². The average Bonchev–Trinajstić information content (AvgIpc) is 2.19. The molecule has 1 aromatic rings. The molecule has 1 heterocycles. The van der Waals surface area contributed by atoms with Crippen LogP contribution in [0.2, 0.25) is 0 Å². The van der Waals surface area contributed by atoms with Crippen LogP contribution in [0.15, 0.2) is 48.8 Å². The van der Waals surface area contributed by atoms with Crippen molar-refractivity contribution in [1.29, 1.82) is 0 Å². The average molecular weight is 206 g/mol. The van der Waals surface area contributed by atoms with Gasteiger partial charge in [0, 0.05) is 12.4 Å². The van der Waals surface area contributed by atoms with Crippen LogP contribution in [0.3, 0.4) is 0 Å². The molecule has 0 amide bonds. The fourth-order valence-corrected chi connectivity index (χ4v) is 1.93. The smallest absolute Gasteiger partial charge is 0.0704 e. The molecule has 0 aromatic carbocycles. The molecule has 0 aliphatic heterocycles. The Balaban J connectivity index is 2.11. The molecule has 0 fully saturated rings. The van der Waals surface area contributed by atoms with Gasteiger partial charge in [0.25, 0.3) is 0 Å². The first-order valence-corrected chi connectivity index (χ1v) is 5.08. The minimum atomic E-state index is -0.252. The van der Waals surface area contributed by atoms with Gasteiger partial charge in [0.15, 0.2) is 0 Å². The second kappa shape index (κ2) is 3.97. The number of allylic oxidation sites excluding steroid dienone is 4. The van der Waals surface area contributed by atoms with Gasteiger partial charge in [-0.2, -0.15) is 0 Å². The number of alkyl halides is 1. The summed E-state index contributed by atoms with van der Waals surface area (Å²) in [5, 5.41) is 0. The van der Waals surface area contributed by atoms with Gasteiger partial charge >= 0.3 is 0 Å². The Morgan fingerprint density at radius 3 is 3.00 bits per heavy atom. The number of hydrogen-bond donors (Lipinski definition) is 0. The van der Waals surface area contributed by atoms with E-state index in [1.807, 2.05) is 24.4 Å². The Morgan fingerprint density at radius 1 is 1.43 bits per heavy atom. The highest BCUT2D eigenvalue weighted by atomic mass is 35.5. The van der Waals surface area contributed by atoms with Crippen LogP contribution in [0.5, 0.6) is 0 Å². The van der Waals surface area contributed by atoms with Crippen LogP contribution in [0.4, 0.5) is 0 Å². The van der Waals surface area contributed by atoms with Crippen molar-refractivity contribution in [2.45, 2.75) is 17.7 Å². The van der Waals surface area contributed by atoms with Gasteiger partial charge in [-0.05, 0) is 24.5 Å². The second-order valence-electron chi connectivity index (χ2n) is 3.56. The zero-order valence-corrected chi connectivity index (χ0v) is 8.61. The molecule has 0 spiro atoms. The van der Waals surface area contributed by atoms with E-state index in [1.54, 1.807) is 6.20 Å². The summed E-state index contributed by atoms with van der Waals surface area (Å²) < 4.78 is 0. The second-order valence-corrected chi connectivity index (χ2v) is 4.32. The van der Waals surface area contributed by atoms with Gasteiger partial charge in [0.05, 0.1) is 4.87 Å². The first-order valence-electron chi connectivity index (χ1n) is 4.71. The molecule has 14 heavy (non-hydrogen) atoms. The summed E-state index contributed by atoms with van der Waals surface area (Å²) in [6, 6.07) is 4.00. The molecule has 2 heteroatoms. The zero-order chi connectivity index (χ0) is 9.86. The normalized spacial score (nSPS) is 25.2. The summed E-state index contributed by atoms with van der Waals surface area (Å²) in [5.74, 6) is 0. The topological polar surface area (TPSA) is 12.9 Å². The van der Waals surface area contributed by atoms with Crippen LogP contribution < -0.4 is 0 Å². The van der Waals surface area contributed by atoms with Crippen molar-refractivity contribution in [3.63, 3.8) is 0 Å². The highest BCUT2D eigenvalue weighted by Crippen LogP contribution is 2.29. The van der Waals surface area contributed by atoms with Crippen molar-refractivity contribution in [3.05, 3.63) is 54.4 Å². The molecule has 0 saturated carbocycles. The van der Waals surface area contributed by atoms with E-state index in [0.717, 1.165) is 12.8 Å². The lowest BCUT2D eigenvalue weighted by Crippen LogP contribution is -2.22. The van der Waals surface area contributed by atoms with E-state index in [1.165, 1.54) is 5.56 Å². The molecule has 2 rings (SSSR count). The number of halogens is 1. The fraction of sp³-hybridized carbons (Fsp3) is 0.250. The number of aromatic nitrogens is 1. The van der Waals surface area contributed by atoms with E-state index in [-0.39, 0.29) is 4.87 Å². The maximum absolute atomic E-state index is 6.44. The number of hydrogen-bond acceptors (Lipinski definition) is 1. The minimum Gasteiger partial charge on any atom is -0.264 e. The molecule has 0 radical (unpaired) electrons. The van der Waals surface area contributed by atoms with Crippen molar-refractivity contribution in [3.8, 4) is 0 Å². The first-order chi connectivity index (χ1) is 6.79. The quantitative estimate of drug-likeness (QED) is 0.677. The zero-order valence-electron chi connectivity index (χ0n) is 7.86. The van der Waals surface area contributed by atoms with Gasteiger partial charge in [0.2, 0.25) is 0 Å². The molecular formula is C12H12ClN. The summed E-state index contributed by atoms with van der Waals surface area (Å²) in [7, 11) is 0. The van der Waals surface area contributed by atoms with Gasteiger partial charge in [-0.3, -0.25) is 4.98 Å². The lowest BCUT2D eigenvalue weighted by molar-refractivity contribution is 0.695. The Hall–Kier alpha value is -1.08. The van der Waals surface area contributed by atoms with E-state index in [4.69, 9.17) is 11.6 Å². The van der Waals surface area contributed by atoms with Crippen molar-refractivity contribution < 1.29 is 0 Å². The lowest BCUT2D eigenvalue weighted by atomic mass is 9.93. The van der Waals surface area contributed by atoms with Crippen LogP contribution in [0.25, 0.3) is 0 Å². The van der Waals surface area contributed by atoms with E-state index >= 15 is 0 Å². The van der Waals surface area contributed by atoms with E-state index < -0.39 is 0 Å². The van der Waals surface area contributed by atoms with Crippen molar-refractivity contribution in [2.24, 2.45) is 0 Å². The van der Waals surface area contributed by atoms with E-state index in [9.17, 15) is 0 Å². The highest BCUT2D eigenvalue weighted by molar-refractivity contribution is 6.25. The van der Waals surface area contributed by atoms with Gasteiger partial charge in [0.1, 0.15) is 0 Å².